The molecule has 0 aliphatic heterocycles. The fourth-order valence-corrected chi connectivity index (χ4v) is 1.49. The second kappa shape index (κ2) is 5.55. The van der Waals surface area contributed by atoms with Crippen molar-refractivity contribution in [3.63, 3.8) is 0 Å². The van der Waals surface area contributed by atoms with E-state index in [1.54, 1.807) is 0 Å². The molecule has 2 heteroatoms. The number of aromatic nitrogens is 1. The lowest BCUT2D eigenvalue weighted by Gasteiger charge is -2.18. The lowest BCUT2D eigenvalue weighted by Crippen LogP contribution is -2.28. The van der Waals surface area contributed by atoms with E-state index in [1.165, 1.54) is 5.56 Å². The summed E-state index contributed by atoms with van der Waals surface area (Å²) in [5, 5.41) is 3.50. The van der Waals surface area contributed by atoms with Gasteiger partial charge in [0.2, 0.25) is 0 Å². The van der Waals surface area contributed by atoms with E-state index in [9.17, 15) is 0 Å². The Balaban J connectivity index is 2.50. The van der Waals surface area contributed by atoms with Crippen molar-refractivity contribution >= 4 is 0 Å². The number of hydrogen-bond donors (Lipinski definition) is 1. The van der Waals surface area contributed by atoms with E-state index in [2.05, 4.69) is 30.7 Å². The van der Waals surface area contributed by atoms with Crippen molar-refractivity contribution in [1.29, 1.82) is 0 Å². The average Bonchev–Trinajstić information content (AvgIpc) is 2.19. The summed E-state index contributed by atoms with van der Waals surface area (Å²) in [5.41, 5.74) is 1.27. The minimum absolute atomic E-state index is 0.368. The first-order chi connectivity index (χ1) is 6.74. The summed E-state index contributed by atoms with van der Waals surface area (Å²) in [6.07, 6.45) is 6.59. The maximum atomic E-state index is 4.00. The van der Waals surface area contributed by atoms with Gasteiger partial charge in [-0.15, -0.1) is 6.58 Å². The molecule has 0 aliphatic rings. The van der Waals surface area contributed by atoms with Gasteiger partial charge >= 0.3 is 0 Å². The Morgan fingerprint density at radius 1 is 1.43 bits per heavy atom. The van der Waals surface area contributed by atoms with Gasteiger partial charge in [0, 0.05) is 24.5 Å². The molecule has 2 nitrogen and oxygen atoms in total. The molecule has 0 spiro atoms. The number of hydrogen-bond acceptors (Lipinski definition) is 2. The van der Waals surface area contributed by atoms with Gasteiger partial charge in [-0.2, -0.15) is 0 Å². The highest BCUT2D eigenvalue weighted by atomic mass is 14.9. The number of nitrogens with one attached hydrogen (secondary N) is 1. The van der Waals surface area contributed by atoms with Crippen molar-refractivity contribution in [2.45, 2.75) is 32.4 Å². The summed E-state index contributed by atoms with van der Waals surface area (Å²) in [7, 11) is 0. The molecule has 0 bridgehead atoms. The summed E-state index contributed by atoms with van der Waals surface area (Å²) in [5.74, 6) is 0. The lowest BCUT2D eigenvalue weighted by atomic mass is 10.1. The molecule has 0 aliphatic carbocycles. The zero-order valence-electron chi connectivity index (χ0n) is 8.90. The monoisotopic (exact) mass is 190 g/mol. The molecule has 0 fully saturated rings. The standard InChI is InChI=1S/C12H18N2/c1-4-5-10(2)14-11(3)12-6-8-13-9-7-12/h4,6-11,14H,1,5H2,2-3H3. The normalized spacial score (nSPS) is 14.7. The highest BCUT2D eigenvalue weighted by Gasteiger charge is 2.07. The molecule has 0 saturated heterocycles. The van der Waals surface area contributed by atoms with E-state index in [-0.39, 0.29) is 0 Å². The van der Waals surface area contributed by atoms with Crippen LogP contribution in [0.1, 0.15) is 31.9 Å². The third-order valence-corrected chi connectivity index (χ3v) is 2.26. The largest absolute Gasteiger partial charge is 0.307 e. The van der Waals surface area contributed by atoms with E-state index >= 15 is 0 Å². The van der Waals surface area contributed by atoms with E-state index in [0.717, 1.165) is 6.42 Å². The van der Waals surface area contributed by atoms with Crippen LogP contribution in [0.5, 0.6) is 0 Å². The summed E-state index contributed by atoms with van der Waals surface area (Å²) < 4.78 is 0. The Labute approximate surface area is 86.1 Å². The number of pyridine rings is 1. The molecular weight excluding hydrogens is 172 g/mol. The zero-order chi connectivity index (χ0) is 10.4. The SMILES string of the molecule is C=CCC(C)NC(C)c1ccncc1. The molecule has 0 saturated carbocycles. The lowest BCUT2D eigenvalue weighted by molar-refractivity contribution is 0.482. The van der Waals surface area contributed by atoms with Crippen LogP contribution in [-0.4, -0.2) is 11.0 Å². The van der Waals surface area contributed by atoms with Crippen molar-refractivity contribution in [1.82, 2.24) is 10.3 Å². The van der Waals surface area contributed by atoms with E-state index < -0.39 is 0 Å². The zero-order valence-corrected chi connectivity index (χ0v) is 8.90. The fraction of sp³-hybridized carbons (Fsp3) is 0.417. The van der Waals surface area contributed by atoms with Crippen LogP contribution in [0.2, 0.25) is 0 Å². The smallest absolute Gasteiger partial charge is 0.0295 e. The van der Waals surface area contributed by atoms with Crippen molar-refractivity contribution in [3.05, 3.63) is 42.7 Å². The predicted molar refractivity (Wildman–Crippen MR) is 60.1 cm³/mol. The Morgan fingerprint density at radius 3 is 2.64 bits per heavy atom. The van der Waals surface area contributed by atoms with Crippen molar-refractivity contribution < 1.29 is 0 Å². The van der Waals surface area contributed by atoms with Gasteiger partial charge in [0.05, 0.1) is 0 Å². The highest BCUT2D eigenvalue weighted by Crippen LogP contribution is 2.11. The van der Waals surface area contributed by atoms with Gasteiger partial charge in [0.15, 0.2) is 0 Å². The Bertz CT molecular complexity index is 269. The number of rotatable bonds is 5. The fourth-order valence-electron chi connectivity index (χ4n) is 1.49. The summed E-state index contributed by atoms with van der Waals surface area (Å²) >= 11 is 0. The number of nitrogens with zero attached hydrogens (tertiary/aromatic N) is 1. The molecule has 0 aromatic carbocycles. The van der Waals surface area contributed by atoms with Crippen LogP contribution in [0, 0.1) is 0 Å². The molecule has 0 radical (unpaired) electrons. The molecule has 1 aromatic rings. The van der Waals surface area contributed by atoms with E-state index in [4.69, 9.17) is 0 Å². The molecule has 2 unspecified atom stereocenters. The van der Waals surface area contributed by atoms with Crippen molar-refractivity contribution in [3.8, 4) is 0 Å². The van der Waals surface area contributed by atoms with Crippen LogP contribution >= 0.6 is 0 Å². The highest BCUT2D eigenvalue weighted by molar-refractivity contribution is 5.14. The van der Waals surface area contributed by atoms with Crippen LogP contribution in [0.4, 0.5) is 0 Å². The van der Waals surface area contributed by atoms with Crippen LogP contribution in [0.25, 0.3) is 0 Å². The third-order valence-electron chi connectivity index (χ3n) is 2.26. The third kappa shape index (κ3) is 3.30. The van der Waals surface area contributed by atoms with Crippen LogP contribution in [0.15, 0.2) is 37.2 Å². The van der Waals surface area contributed by atoms with Gasteiger partial charge in [-0.1, -0.05) is 6.08 Å². The van der Waals surface area contributed by atoms with Gasteiger partial charge in [-0.05, 0) is 38.0 Å². The van der Waals surface area contributed by atoms with Crippen LogP contribution in [-0.2, 0) is 0 Å². The topological polar surface area (TPSA) is 24.9 Å². The molecule has 14 heavy (non-hydrogen) atoms. The maximum absolute atomic E-state index is 4.00. The molecule has 1 heterocycles. The van der Waals surface area contributed by atoms with Crippen LogP contribution in [0.3, 0.4) is 0 Å². The van der Waals surface area contributed by atoms with Gasteiger partial charge in [0.25, 0.3) is 0 Å². The second-order valence-electron chi connectivity index (χ2n) is 3.59. The summed E-state index contributed by atoms with van der Waals surface area (Å²) in [6, 6.07) is 4.92. The quantitative estimate of drug-likeness (QED) is 0.722. The van der Waals surface area contributed by atoms with Crippen molar-refractivity contribution in [2.75, 3.05) is 0 Å². The first-order valence-corrected chi connectivity index (χ1v) is 5.01. The average molecular weight is 190 g/mol. The predicted octanol–water partition coefficient (Wildman–Crippen LogP) is 2.70. The van der Waals surface area contributed by atoms with Crippen LogP contribution < -0.4 is 5.32 Å². The Morgan fingerprint density at radius 2 is 2.07 bits per heavy atom. The molecule has 2 atom stereocenters. The van der Waals surface area contributed by atoms with Gasteiger partial charge in [0.1, 0.15) is 0 Å². The van der Waals surface area contributed by atoms with E-state index in [1.807, 2.05) is 30.6 Å². The Kier molecular flexibility index (Phi) is 4.33. The second-order valence-corrected chi connectivity index (χ2v) is 3.59. The summed E-state index contributed by atoms with van der Waals surface area (Å²) in [6.45, 7) is 8.06. The molecule has 1 aromatic heterocycles. The first kappa shape index (κ1) is 10.9. The minimum Gasteiger partial charge on any atom is -0.307 e. The molecule has 1 N–H and O–H groups in total. The van der Waals surface area contributed by atoms with Gasteiger partial charge in [-0.25, -0.2) is 0 Å². The van der Waals surface area contributed by atoms with Gasteiger partial charge < -0.3 is 5.32 Å². The Hall–Kier alpha value is -1.15. The molecule has 0 amide bonds. The maximum Gasteiger partial charge on any atom is 0.0295 e. The minimum atomic E-state index is 0.368. The first-order valence-electron chi connectivity index (χ1n) is 5.01. The summed E-state index contributed by atoms with van der Waals surface area (Å²) in [4.78, 5) is 4.00. The molecule has 1 rings (SSSR count). The van der Waals surface area contributed by atoms with E-state index in [0.29, 0.717) is 12.1 Å². The molecular formula is C12H18N2. The van der Waals surface area contributed by atoms with Gasteiger partial charge in [-0.3, -0.25) is 4.98 Å². The molecule has 76 valence electrons. The van der Waals surface area contributed by atoms with Crippen molar-refractivity contribution in [2.24, 2.45) is 0 Å².